The molecule has 1 amide bonds. The van der Waals surface area contributed by atoms with E-state index in [0.717, 1.165) is 16.4 Å². The second kappa shape index (κ2) is 9.48. The summed E-state index contributed by atoms with van der Waals surface area (Å²) in [6.45, 7) is 9.48. The second-order valence-corrected chi connectivity index (χ2v) is 8.79. The molecular formula is C22H29N3O3S. The number of hydrogen-bond acceptors (Lipinski definition) is 5. The lowest BCUT2D eigenvalue weighted by Crippen LogP contribution is -2.43. The fourth-order valence-corrected chi connectivity index (χ4v) is 4.56. The van der Waals surface area contributed by atoms with Gasteiger partial charge in [-0.2, -0.15) is 0 Å². The summed E-state index contributed by atoms with van der Waals surface area (Å²) in [5.41, 5.74) is 3.43. The lowest BCUT2D eigenvalue weighted by molar-refractivity contribution is -0.151. The van der Waals surface area contributed by atoms with Crippen LogP contribution in [0.15, 0.2) is 35.7 Å². The van der Waals surface area contributed by atoms with Gasteiger partial charge >= 0.3 is 5.97 Å². The molecule has 1 aliphatic rings. The highest BCUT2D eigenvalue weighted by Gasteiger charge is 2.30. The van der Waals surface area contributed by atoms with Crippen molar-refractivity contribution in [2.75, 3.05) is 19.7 Å². The third-order valence-electron chi connectivity index (χ3n) is 5.29. The number of aryl methyl sites for hydroxylation is 2. The summed E-state index contributed by atoms with van der Waals surface area (Å²) < 4.78 is 7.16. The van der Waals surface area contributed by atoms with Crippen LogP contribution in [-0.2, 0) is 14.3 Å². The zero-order valence-corrected chi connectivity index (χ0v) is 18.4. The quantitative estimate of drug-likeness (QED) is 0.531. The number of benzene rings is 1. The first-order valence-electron chi connectivity index (χ1n) is 10.1. The van der Waals surface area contributed by atoms with Crippen LogP contribution in [0.5, 0.6) is 0 Å². The Morgan fingerprint density at radius 3 is 2.69 bits per heavy atom. The molecule has 0 aliphatic carbocycles. The predicted octanol–water partition coefficient (Wildman–Crippen LogP) is 3.77. The van der Waals surface area contributed by atoms with Crippen molar-refractivity contribution in [2.24, 2.45) is 5.92 Å². The van der Waals surface area contributed by atoms with Gasteiger partial charge in [0.05, 0.1) is 23.5 Å². The standard InChI is InChI=1S/C22H29N3O3S/c1-5-28-21(27)18-8-11-24(12-9-18)20(26)17(4)29-22-23-10-13-25(22)19-14-15(2)6-7-16(19)3/h6-7,10,13-14,17-18H,5,8-9,11-12H2,1-4H3. The Morgan fingerprint density at radius 1 is 1.28 bits per heavy atom. The fourth-order valence-electron chi connectivity index (χ4n) is 3.60. The van der Waals surface area contributed by atoms with E-state index in [1.165, 1.54) is 17.3 Å². The van der Waals surface area contributed by atoms with Crippen molar-refractivity contribution in [3.8, 4) is 5.69 Å². The van der Waals surface area contributed by atoms with Crippen LogP contribution in [0.2, 0.25) is 0 Å². The van der Waals surface area contributed by atoms with Crippen LogP contribution < -0.4 is 0 Å². The summed E-state index contributed by atoms with van der Waals surface area (Å²) in [5.74, 6) is -0.143. The molecule has 1 unspecified atom stereocenters. The number of rotatable bonds is 6. The number of esters is 1. The van der Waals surface area contributed by atoms with Crippen LogP contribution in [0.25, 0.3) is 5.69 Å². The zero-order chi connectivity index (χ0) is 21.0. The monoisotopic (exact) mass is 415 g/mol. The normalized spacial score (nSPS) is 15.9. The molecule has 2 aromatic rings. The first kappa shape index (κ1) is 21.4. The maximum atomic E-state index is 12.9. The van der Waals surface area contributed by atoms with E-state index < -0.39 is 0 Å². The Balaban J connectivity index is 1.64. The number of carbonyl (C=O) groups is 2. The molecule has 1 fully saturated rings. The van der Waals surface area contributed by atoms with Crippen molar-refractivity contribution < 1.29 is 14.3 Å². The van der Waals surface area contributed by atoms with Gasteiger partial charge in [0.15, 0.2) is 5.16 Å². The number of thioether (sulfide) groups is 1. The van der Waals surface area contributed by atoms with Crippen molar-refractivity contribution in [2.45, 2.75) is 50.9 Å². The van der Waals surface area contributed by atoms with Gasteiger partial charge in [-0.25, -0.2) is 4.98 Å². The van der Waals surface area contributed by atoms with E-state index in [-0.39, 0.29) is 23.0 Å². The highest BCUT2D eigenvalue weighted by Crippen LogP contribution is 2.28. The fraction of sp³-hybridized carbons (Fsp3) is 0.500. The van der Waals surface area contributed by atoms with Gasteiger partial charge in [-0.3, -0.25) is 14.2 Å². The van der Waals surface area contributed by atoms with Gasteiger partial charge < -0.3 is 9.64 Å². The molecule has 0 radical (unpaired) electrons. The van der Waals surface area contributed by atoms with Crippen LogP contribution in [-0.4, -0.2) is 51.3 Å². The smallest absolute Gasteiger partial charge is 0.309 e. The number of likely N-dealkylation sites (tertiary alicyclic amines) is 1. The topological polar surface area (TPSA) is 64.4 Å². The molecule has 6 nitrogen and oxygen atoms in total. The highest BCUT2D eigenvalue weighted by molar-refractivity contribution is 8.00. The van der Waals surface area contributed by atoms with Crippen molar-refractivity contribution >= 4 is 23.6 Å². The summed E-state index contributed by atoms with van der Waals surface area (Å²) in [6, 6.07) is 6.32. The minimum Gasteiger partial charge on any atom is -0.466 e. The van der Waals surface area contributed by atoms with Gasteiger partial charge in [0.25, 0.3) is 0 Å². The maximum absolute atomic E-state index is 12.9. The molecule has 1 atom stereocenters. The Kier molecular flexibility index (Phi) is 7.00. The molecule has 0 bridgehead atoms. The van der Waals surface area contributed by atoms with E-state index in [9.17, 15) is 9.59 Å². The minimum absolute atomic E-state index is 0.0906. The average Bonchev–Trinajstić information content (AvgIpc) is 3.17. The SMILES string of the molecule is CCOC(=O)C1CCN(C(=O)C(C)Sc2nccn2-c2cc(C)ccc2C)CC1. The summed E-state index contributed by atoms with van der Waals surface area (Å²) in [5, 5.41) is 0.557. The molecule has 3 rings (SSSR count). The Hall–Kier alpha value is -2.28. The lowest BCUT2D eigenvalue weighted by atomic mass is 9.97. The van der Waals surface area contributed by atoms with Crippen molar-refractivity contribution in [3.05, 3.63) is 41.7 Å². The largest absolute Gasteiger partial charge is 0.466 e. The second-order valence-electron chi connectivity index (χ2n) is 7.48. The third kappa shape index (κ3) is 5.01. The number of carbonyl (C=O) groups excluding carboxylic acids is 2. The average molecular weight is 416 g/mol. The molecule has 1 saturated heterocycles. The molecule has 156 valence electrons. The summed E-state index contributed by atoms with van der Waals surface area (Å²) in [4.78, 5) is 31.2. The molecule has 0 N–H and O–H groups in total. The number of hydrogen-bond donors (Lipinski definition) is 0. The van der Waals surface area contributed by atoms with E-state index >= 15 is 0 Å². The molecule has 0 spiro atoms. The predicted molar refractivity (Wildman–Crippen MR) is 114 cm³/mol. The number of imidazole rings is 1. The van der Waals surface area contributed by atoms with E-state index in [1.54, 1.807) is 6.20 Å². The maximum Gasteiger partial charge on any atom is 0.309 e. The number of nitrogens with zero attached hydrogens (tertiary/aromatic N) is 3. The molecule has 1 aliphatic heterocycles. The summed E-state index contributed by atoms with van der Waals surface area (Å²) in [7, 11) is 0. The number of piperidine rings is 1. The molecule has 2 heterocycles. The number of ether oxygens (including phenoxy) is 1. The van der Waals surface area contributed by atoms with Crippen molar-refractivity contribution in [3.63, 3.8) is 0 Å². The van der Waals surface area contributed by atoms with E-state index in [2.05, 4.69) is 37.0 Å². The van der Waals surface area contributed by atoms with Gasteiger partial charge in [-0.15, -0.1) is 0 Å². The Bertz CT molecular complexity index is 872. The molecule has 29 heavy (non-hydrogen) atoms. The van der Waals surface area contributed by atoms with E-state index in [0.29, 0.717) is 32.5 Å². The lowest BCUT2D eigenvalue weighted by Gasteiger charge is -2.32. The van der Waals surface area contributed by atoms with Crippen molar-refractivity contribution in [1.29, 1.82) is 0 Å². The zero-order valence-electron chi connectivity index (χ0n) is 17.6. The van der Waals surface area contributed by atoms with Crippen LogP contribution >= 0.6 is 11.8 Å². The van der Waals surface area contributed by atoms with Gasteiger partial charge in [0.2, 0.25) is 5.91 Å². The highest BCUT2D eigenvalue weighted by atomic mass is 32.2. The Labute approximate surface area is 176 Å². The number of amides is 1. The first-order chi connectivity index (χ1) is 13.9. The van der Waals surface area contributed by atoms with E-state index in [1.807, 2.05) is 29.5 Å². The van der Waals surface area contributed by atoms with Gasteiger partial charge in [-0.1, -0.05) is 23.9 Å². The molecule has 7 heteroatoms. The van der Waals surface area contributed by atoms with Gasteiger partial charge in [0, 0.05) is 25.5 Å². The van der Waals surface area contributed by atoms with Crippen LogP contribution in [0.4, 0.5) is 0 Å². The molecule has 1 aromatic heterocycles. The minimum atomic E-state index is -0.250. The first-order valence-corrected chi connectivity index (χ1v) is 11.0. The van der Waals surface area contributed by atoms with Crippen LogP contribution in [0, 0.1) is 19.8 Å². The van der Waals surface area contributed by atoms with Gasteiger partial charge in [-0.05, 0) is 57.7 Å². The molecule has 0 saturated carbocycles. The third-order valence-corrected chi connectivity index (χ3v) is 6.36. The van der Waals surface area contributed by atoms with Crippen molar-refractivity contribution in [1.82, 2.24) is 14.5 Å². The molecular weight excluding hydrogens is 386 g/mol. The van der Waals surface area contributed by atoms with E-state index in [4.69, 9.17) is 4.74 Å². The van der Waals surface area contributed by atoms with Crippen LogP contribution in [0.1, 0.15) is 37.8 Å². The van der Waals surface area contributed by atoms with Crippen LogP contribution in [0.3, 0.4) is 0 Å². The Morgan fingerprint density at radius 2 is 2.00 bits per heavy atom. The summed E-state index contributed by atoms with van der Waals surface area (Å²) >= 11 is 1.47. The summed E-state index contributed by atoms with van der Waals surface area (Å²) in [6.07, 6.45) is 5.04. The molecule has 1 aromatic carbocycles. The van der Waals surface area contributed by atoms with Gasteiger partial charge in [0.1, 0.15) is 0 Å². The number of aromatic nitrogens is 2.